The quantitative estimate of drug-likeness (QED) is 0.542. The lowest BCUT2D eigenvalue weighted by molar-refractivity contribution is -0.167. The summed E-state index contributed by atoms with van der Waals surface area (Å²) in [5, 5.41) is 15.7. The summed E-state index contributed by atoms with van der Waals surface area (Å²) in [5.74, 6) is 0.854. The molecule has 4 aliphatic rings. The van der Waals surface area contributed by atoms with Crippen LogP contribution in [0.15, 0.2) is 41.3 Å². The first kappa shape index (κ1) is 22.6. The van der Waals surface area contributed by atoms with Crippen molar-refractivity contribution < 1.29 is 14.3 Å². The lowest BCUT2D eigenvalue weighted by Gasteiger charge is -2.53. The first-order chi connectivity index (χ1) is 17.5. The number of carbonyl (C=O) groups excluding carboxylic acids is 1. The van der Waals surface area contributed by atoms with Gasteiger partial charge in [0.2, 0.25) is 0 Å². The number of pyridine rings is 3. The fraction of sp³-hybridized carbons (Fsp3) is 0.423. The average Bonchev–Trinajstić information content (AvgIpc) is 2.92. The van der Waals surface area contributed by atoms with Crippen molar-refractivity contribution in [1.82, 2.24) is 19.9 Å². The van der Waals surface area contributed by atoms with Gasteiger partial charge in [-0.15, -0.1) is 0 Å². The standard InChI is InChI=1S/C26H26N6O4/c27-12-17-11-20-19(28-13-17)2-4-23(34)32(20)10-9-26-7-5-25(6-8-26,16-36-26)29-14-18-1-3-21-24(30-18)31-22(33)15-35-21/h1-4,11,13,29H,5-10,14-16H2,(H,30,31,33). The van der Waals surface area contributed by atoms with E-state index in [1.54, 1.807) is 16.7 Å². The van der Waals surface area contributed by atoms with E-state index in [2.05, 4.69) is 26.7 Å². The third-order valence-corrected chi connectivity index (χ3v) is 7.71. The summed E-state index contributed by atoms with van der Waals surface area (Å²) in [7, 11) is 0. The Morgan fingerprint density at radius 2 is 2.03 bits per heavy atom. The number of anilines is 1. The summed E-state index contributed by atoms with van der Waals surface area (Å²) in [5.41, 5.74) is 2.18. The lowest BCUT2D eigenvalue weighted by atomic mass is 9.70. The SMILES string of the molecule is N#Cc1cnc2ccc(=O)n(CCC34CCC(NCc5ccc6c(n5)NC(=O)CO6)(CC3)CO4)c2c1. The van der Waals surface area contributed by atoms with E-state index in [0.717, 1.165) is 37.8 Å². The fourth-order valence-electron chi connectivity index (χ4n) is 5.47. The van der Waals surface area contributed by atoms with Crippen LogP contribution >= 0.6 is 0 Å². The monoisotopic (exact) mass is 486 g/mol. The van der Waals surface area contributed by atoms with Gasteiger partial charge in [-0.05, 0) is 56.4 Å². The molecule has 3 aromatic rings. The summed E-state index contributed by atoms with van der Waals surface area (Å²) in [6, 6.07) is 10.8. The zero-order valence-electron chi connectivity index (χ0n) is 19.7. The van der Waals surface area contributed by atoms with Crippen LogP contribution in [-0.4, -0.2) is 44.8 Å². The Hall–Kier alpha value is -3.81. The number of nitriles is 1. The van der Waals surface area contributed by atoms with E-state index in [0.29, 0.717) is 47.9 Å². The highest BCUT2D eigenvalue weighted by Gasteiger charge is 2.49. The minimum atomic E-state index is -0.253. The first-order valence-corrected chi connectivity index (χ1v) is 12.2. The molecule has 2 N–H and O–H groups in total. The largest absolute Gasteiger partial charge is 0.480 e. The number of nitrogens with zero attached hydrogens (tertiary/aromatic N) is 4. The maximum atomic E-state index is 12.7. The van der Waals surface area contributed by atoms with Crippen LogP contribution in [0.4, 0.5) is 5.82 Å². The zero-order chi connectivity index (χ0) is 24.8. The molecule has 1 aliphatic carbocycles. The van der Waals surface area contributed by atoms with Gasteiger partial charge in [-0.1, -0.05) is 0 Å². The molecule has 1 saturated carbocycles. The minimum Gasteiger partial charge on any atom is -0.480 e. The highest BCUT2D eigenvalue weighted by atomic mass is 16.5. The Kier molecular flexibility index (Phi) is 5.47. The number of hydrogen-bond acceptors (Lipinski definition) is 8. The van der Waals surface area contributed by atoms with Gasteiger partial charge in [0.15, 0.2) is 18.2 Å². The van der Waals surface area contributed by atoms with Crippen molar-refractivity contribution in [3.05, 3.63) is 58.1 Å². The highest BCUT2D eigenvalue weighted by Crippen LogP contribution is 2.45. The summed E-state index contributed by atoms with van der Waals surface area (Å²) in [6.07, 6.45) is 6.01. The van der Waals surface area contributed by atoms with Crippen LogP contribution in [0.1, 0.15) is 43.4 Å². The van der Waals surface area contributed by atoms with E-state index in [1.165, 1.54) is 12.3 Å². The topological polar surface area (TPSA) is 131 Å². The maximum Gasteiger partial charge on any atom is 0.263 e. The Morgan fingerprint density at radius 1 is 1.17 bits per heavy atom. The van der Waals surface area contributed by atoms with Gasteiger partial charge in [0, 0.05) is 30.9 Å². The van der Waals surface area contributed by atoms with Gasteiger partial charge in [-0.3, -0.25) is 14.6 Å². The van der Waals surface area contributed by atoms with Crippen molar-refractivity contribution in [2.45, 2.75) is 56.3 Å². The normalized spacial score (nSPS) is 24.6. The zero-order valence-corrected chi connectivity index (χ0v) is 19.7. The van der Waals surface area contributed by atoms with Gasteiger partial charge >= 0.3 is 0 Å². The molecule has 1 amide bonds. The number of hydrogen-bond donors (Lipinski definition) is 2. The Morgan fingerprint density at radius 3 is 2.81 bits per heavy atom. The van der Waals surface area contributed by atoms with Crippen LogP contribution in [0.2, 0.25) is 0 Å². The third-order valence-electron chi connectivity index (χ3n) is 7.71. The Labute approximate surface area is 207 Å². The van der Waals surface area contributed by atoms with E-state index >= 15 is 0 Å². The van der Waals surface area contributed by atoms with Crippen molar-refractivity contribution in [2.24, 2.45) is 0 Å². The molecule has 10 heteroatoms. The number of rotatable bonds is 6. The fourth-order valence-corrected chi connectivity index (χ4v) is 5.47. The van der Waals surface area contributed by atoms with Crippen molar-refractivity contribution in [2.75, 3.05) is 18.5 Å². The summed E-state index contributed by atoms with van der Waals surface area (Å²) < 4.78 is 13.5. The van der Waals surface area contributed by atoms with Gasteiger partial charge in [0.05, 0.1) is 34.5 Å². The van der Waals surface area contributed by atoms with Gasteiger partial charge in [0.1, 0.15) is 6.07 Å². The van der Waals surface area contributed by atoms with E-state index in [1.807, 2.05) is 12.1 Å². The number of nitrogens with one attached hydrogen (secondary N) is 2. The molecule has 0 spiro atoms. The molecule has 2 saturated heterocycles. The van der Waals surface area contributed by atoms with Crippen molar-refractivity contribution in [3.8, 4) is 11.8 Å². The number of aryl methyl sites for hydroxylation is 1. The molecule has 7 rings (SSSR count). The molecular weight excluding hydrogens is 460 g/mol. The van der Waals surface area contributed by atoms with Crippen molar-refractivity contribution in [3.63, 3.8) is 0 Å². The van der Waals surface area contributed by atoms with Gasteiger partial charge in [-0.25, -0.2) is 4.98 Å². The van der Waals surface area contributed by atoms with E-state index in [9.17, 15) is 14.9 Å². The molecule has 2 bridgehead atoms. The number of fused-ring (bicyclic) bond motifs is 5. The Bertz CT molecular complexity index is 1430. The van der Waals surface area contributed by atoms with E-state index < -0.39 is 0 Å². The second-order valence-corrected chi connectivity index (χ2v) is 9.91. The van der Waals surface area contributed by atoms with Crippen molar-refractivity contribution >= 4 is 22.8 Å². The molecule has 0 radical (unpaired) electrons. The molecule has 3 fully saturated rings. The van der Waals surface area contributed by atoms with Crippen LogP contribution in [0, 0.1) is 11.3 Å². The second-order valence-electron chi connectivity index (χ2n) is 9.91. The number of aromatic nitrogens is 3. The predicted octanol–water partition coefficient (Wildman–Crippen LogP) is 2.26. The Balaban J connectivity index is 1.11. The molecule has 36 heavy (non-hydrogen) atoms. The summed E-state index contributed by atoms with van der Waals surface area (Å²) in [4.78, 5) is 33.1. The van der Waals surface area contributed by atoms with Crippen LogP contribution in [0.25, 0.3) is 11.0 Å². The first-order valence-electron chi connectivity index (χ1n) is 12.2. The molecule has 0 aromatic carbocycles. The lowest BCUT2D eigenvalue weighted by Crippen LogP contribution is -2.61. The average molecular weight is 487 g/mol. The third kappa shape index (κ3) is 4.10. The van der Waals surface area contributed by atoms with Gasteiger partial charge in [-0.2, -0.15) is 5.26 Å². The highest BCUT2D eigenvalue weighted by molar-refractivity contribution is 5.94. The molecule has 6 heterocycles. The smallest absolute Gasteiger partial charge is 0.263 e. The van der Waals surface area contributed by atoms with Crippen LogP contribution < -0.4 is 20.9 Å². The number of carbonyl (C=O) groups is 1. The molecule has 0 unspecified atom stereocenters. The summed E-state index contributed by atoms with van der Waals surface area (Å²) in [6.45, 7) is 1.70. The molecule has 0 atom stereocenters. The minimum absolute atomic E-state index is 0.0153. The van der Waals surface area contributed by atoms with E-state index in [-0.39, 0.29) is 29.2 Å². The summed E-state index contributed by atoms with van der Waals surface area (Å²) >= 11 is 0. The van der Waals surface area contributed by atoms with Gasteiger partial charge < -0.3 is 24.7 Å². The second kappa shape index (κ2) is 8.69. The molecule has 3 aliphatic heterocycles. The maximum absolute atomic E-state index is 12.7. The van der Waals surface area contributed by atoms with Crippen LogP contribution in [0.3, 0.4) is 0 Å². The molecule has 3 aromatic heterocycles. The number of amides is 1. The molecular formula is C26H26N6O4. The molecule has 10 nitrogen and oxygen atoms in total. The van der Waals surface area contributed by atoms with Crippen LogP contribution in [-0.2, 0) is 22.6 Å². The predicted molar refractivity (Wildman–Crippen MR) is 130 cm³/mol. The molecule has 184 valence electrons. The van der Waals surface area contributed by atoms with E-state index in [4.69, 9.17) is 9.47 Å². The van der Waals surface area contributed by atoms with Crippen LogP contribution in [0.5, 0.6) is 5.75 Å². The van der Waals surface area contributed by atoms with Crippen molar-refractivity contribution in [1.29, 1.82) is 5.26 Å². The van der Waals surface area contributed by atoms with Gasteiger partial charge in [0.25, 0.3) is 11.5 Å². The number of ether oxygens (including phenoxy) is 2.